The summed E-state index contributed by atoms with van der Waals surface area (Å²) < 4.78 is 30.6. The number of anilines is 1. The second kappa shape index (κ2) is 15.1. The van der Waals surface area contributed by atoms with Crippen molar-refractivity contribution in [3.05, 3.63) is 130 Å². The number of hydrogen-bond acceptors (Lipinski definition) is 4. The Labute approximate surface area is 280 Å². The normalized spacial score (nSPS) is 14.1. The number of halogens is 1. The number of hydrogen-bond donors (Lipinski definition) is 1. The molecule has 7 nitrogen and oxygen atoms in total. The van der Waals surface area contributed by atoms with Crippen LogP contribution in [0.3, 0.4) is 0 Å². The van der Waals surface area contributed by atoms with Gasteiger partial charge in [0, 0.05) is 23.5 Å². The number of rotatable bonds is 12. The summed E-state index contributed by atoms with van der Waals surface area (Å²) in [5, 5.41) is 3.21. The van der Waals surface area contributed by atoms with Gasteiger partial charge >= 0.3 is 0 Å². The molecular weight excluding hydrogens is 662 g/mol. The Morgan fingerprint density at radius 2 is 1.48 bits per heavy atom. The Morgan fingerprint density at radius 1 is 0.848 bits per heavy atom. The summed E-state index contributed by atoms with van der Waals surface area (Å²) in [6.45, 7) is 3.38. The van der Waals surface area contributed by atoms with E-state index in [2.05, 4.69) is 21.2 Å². The minimum Gasteiger partial charge on any atom is -0.352 e. The average Bonchev–Trinajstić information content (AvgIpc) is 3.57. The summed E-state index contributed by atoms with van der Waals surface area (Å²) in [6, 6.07) is 30.1. The highest BCUT2D eigenvalue weighted by atomic mass is 79.9. The van der Waals surface area contributed by atoms with Crippen LogP contribution in [0.4, 0.5) is 5.69 Å². The number of amides is 2. The first kappa shape index (κ1) is 33.4. The highest BCUT2D eigenvalue weighted by Gasteiger charge is 2.36. The lowest BCUT2D eigenvalue weighted by molar-refractivity contribution is -0.140. The molecule has 1 aliphatic rings. The molecular formula is C37H40BrN3O4S. The van der Waals surface area contributed by atoms with E-state index >= 15 is 0 Å². The highest BCUT2D eigenvalue weighted by molar-refractivity contribution is 9.10. The van der Waals surface area contributed by atoms with Crippen molar-refractivity contribution < 1.29 is 18.0 Å². The Balaban J connectivity index is 1.58. The van der Waals surface area contributed by atoms with Crippen molar-refractivity contribution in [2.75, 3.05) is 10.8 Å². The molecule has 1 atom stereocenters. The summed E-state index contributed by atoms with van der Waals surface area (Å²) >= 11 is 3.48. The van der Waals surface area contributed by atoms with Crippen molar-refractivity contribution >= 4 is 43.5 Å². The van der Waals surface area contributed by atoms with Crippen molar-refractivity contribution in [3.8, 4) is 0 Å². The van der Waals surface area contributed by atoms with Crippen molar-refractivity contribution in [2.24, 2.45) is 0 Å². The van der Waals surface area contributed by atoms with E-state index in [4.69, 9.17) is 0 Å². The van der Waals surface area contributed by atoms with Gasteiger partial charge in [0.25, 0.3) is 10.0 Å². The number of benzene rings is 4. The number of aryl methyl sites for hydroxylation is 2. The minimum absolute atomic E-state index is 0.0558. The molecule has 240 valence electrons. The zero-order chi connectivity index (χ0) is 32.7. The second-order valence-electron chi connectivity index (χ2n) is 12.0. The molecule has 1 fully saturated rings. The maximum Gasteiger partial charge on any atom is 0.264 e. The van der Waals surface area contributed by atoms with E-state index in [9.17, 15) is 18.0 Å². The van der Waals surface area contributed by atoms with E-state index in [0.717, 1.165) is 52.4 Å². The number of nitrogens with zero attached hydrogens (tertiary/aromatic N) is 2. The third-order valence-electron chi connectivity index (χ3n) is 8.48. The average molecular weight is 703 g/mol. The van der Waals surface area contributed by atoms with E-state index in [0.29, 0.717) is 5.69 Å². The third-order valence-corrected chi connectivity index (χ3v) is 10.8. The van der Waals surface area contributed by atoms with Gasteiger partial charge < -0.3 is 10.2 Å². The van der Waals surface area contributed by atoms with Crippen LogP contribution in [-0.4, -0.2) is 43.8 Å². The molecule has 9 heteroatoms. The van der Waals surface area contributed by atoms with Gasteiger partial charge in [0.15, 0.2) is 0 Å². The molecule has 1 aliphatic carbocycles. The highest BCUT2D eigenvalue weighted by Crippen LogP contribution is 2.29. The maximum atomic E-state index is 14.7. The topological polar surface area (TPSA) is 86.8 Å². The fourth-order valence-corrected chi connectivity index (χ4v) is 7.69. The maximum absolute atomic E-state index is 14.7. The van der Waals surface area contributed by atoms with Crippen molar-refractivity contribution in [1.82, 2.24) is 10.2 Å². The fraction of sp³-hybridized carbons (Fsp3) is 0.297. The lowest BCUT2D eigenvalue weighted by atomic mass is 10.0. The monoisotopic (exact) mass is 701 g/mol. The van der Waals surface area contributed by atoms with Crippen molar-refractivity contribution in [3.63, 3.8) is 0 Å². The van der Waals surface area contributed by atoms with Crippen LogP contribution in [0.2, 0.25) is 0 Å². The Bertz CT molecular complexity index is 1740. The van der Waals surface area contributed by atoms with Crippen LogP contribution >= 0.6 is 15.9 Å². The predicted octanol–water partition coefficient (Wildman–Crippen LogP) is 6.96. The lowest BCUT2D eigenvalue weighted by Gasteiger charge is -2.34. The standard InChI is InChI=1S/C37H40BrN3O4S/c1-27-17-18-28(2)34(23-27)41(46(44,45)33-15-7-4-8-16-33)26-36(42)40(25-30-19-21-31(38)22-20-30)35(24-29-11-5-3-6-12-29)37(43)39-32-13-9-10-14-32/h3-8,11-12,15-23,32,35H,9-10,13-14,24-26H2,1-2H3,(H,39,43). The number of sulfonamides is 1. The summed E-state index contributed by atoms with van der Waals surface area (Å²) in [4.78, 5) is 30.4. The molecule has 0 heterocycles. The molecule has 0 saturated heterocycles. The van der Waals surface area contributed by atoms with E-state index in [1.165, 1.54) is 16.4 Å². The molecule has 4 aromatic rings. The number of carbonyl (C=O) groups is 2. The van der Waals surface area contributed by atoms with Crippen molar-refractivity contribution in [2.45, 2.75) is 69.5 Å². The Kier molecular flexibility index (Phi) is 11.0. The van der Waals surface area contributed by atoms with E-state index in [1.807, 2.05) is 80.6 Å². The summed E-state index contributed by atoms with van der Waals surface area (Å²) in [5.41, 5.74) is 3.75. The first-order valence-electron chi connectivity index (χ1n) is 15.6. The van der Waals surface area contributed by atoms with Crippen LogP contribution in [0, 0.1) is 13.8 Å². The molecule has 1 unspecified atom stereocenters. The SMILES string of the molecule is Cc1ccc(C)c(N(CC(=O)N(Cc2ccc(Br)cc2)C(Cc2ccccc2)C(=O)NC2CCCC2)S(=O)(=O)c2ccccc2)c1. The zero-order valence-electron chi connectivity index (χ0n) is 26.2. The van der Waals surface area contributed by atoms with E-state index in [-0.39, 0.29) is 29.8 Å². The number of carbonyl (C=O) groups excluding carboxylic acids is 2. The molecule has 0 aliphatic heterocycles. The minimum atomic E-state index is -4.14. The molecule has 46 heavy (non-hydrogen) atoms. The van der Waals surface area contributed by atoms with Gasteiger partial charge in [0.1, 0.15) is 12.6 Å². The summed E-state index contributed by atoms with van der Waals surface area (Å²) in [5.74, 6) is -0.698. The van der Waals surface area contributed by atoms with Gasteiger partial charge in [-0.2, -0.15) is 0 Å². The second-order valence-corrected chi connectivity index (χ2v) is 14.7. The molecule has 0 aromatic heterocycles. The van der Waals surface area contributed by atoms with E-state index in [1.54, 1.807) is 29.2 Å². The summed E-state index contributed by atoms with van der Waals surface area (Å²) in [6.07, 6.45) is 4.20. The number of nitrogens with one attached hydrogen (secondary N) is 1. The molecule has 1 N–H and O–H groups in total. The first-order chi connectivity index (χ1) is 22.1. The first-order valence-corrected chi connectivity index (χ1v) is 17.9. The van der Waals surface area contributed by atoms with Crippen LogP contribution < -0.4 is 9.62 Å². The van der Waals surface area contributed by atoms with Crippen LogP contribution in [0.5, 0.6) is 0 Å². The molecule has 4 aromatic carbocycles. The van der Waals surface area contributed by atoms with Crippen LogP contribution in [0.1, 0.15) is 47.9 Å². The summed E-state index contributed by atoms with van der Waals surface area (Å²) in [7, 11) is -4.14. The Morgan fingerprint density at radius 3 is 2.13 bits per heavy atom. The fourth-order valence-electron chi connectivity index (χ4n) is 5.93. The molecule has 5 rings (SSSR count). The van der Waals surface area contributed by atoms with Gasteiger partial charge in [-0.15, -0.1) is 0 Å². The molecule has 0 radical (unpaired) electrons. The van der Waals surface area contributed by atoms with Crippen LogP contribution in [-0.2, 0) is 32.6 Å². The smallest absolute Gasteiger partial charge is 0.264 e. The van der Waals surface area contributed by atoms with Gasteiger partial charge in [-0.1, -0.05) is 102 Å². The Hall–Kier alpha value is -3.95. The van der Waals surface area contributed by atoms with Crippen LogP contribution in [0.25, 0.3) is 0 Å². The van der Waals surface area contributed by atoms with Gasteiger partial charge in [-0.3, -0.25) is 13.9 Å². The van der Waals surface area contributed by atoms with Gasteiger partial charge in [0.2, 0.25) is 11.8 Å². The molecule has 1 saturated carbocycles. The lowest BCUT2D eigenvalue weighted by Crippen LogP contribution is -2.54. The van der Waals surface area contributed by atoms with E-state index < -0.39 is 28.5 Å². The zero-order valence-corrected chi connectivity index (χ0v) is 28.6. The third kappa shape index (κ3) is 8.25. The van der Waals surface area contributed by atoms with Gasteiger partial charge in [0.05, 0.1) is 10.6 Å². The quantitative estimate of drug-likeness (QED) is 0.173. The predicted molar refractivity (Wildman–Crippen MR) is 186 cm³/mol. The molecule has 0 bridgehead atoms. The molecule has 0 spiro atoms. The largest absolute Gasteiger partial charge is 0.352 e. The molecule has 2 amide bonds. The van der Waals surface area contributed by atoms with Gasteiger partial charge in [-0.25, -0.2) is 8.42 Å². The van der Waals surface area contributed by atoms with Crippen LogP contribution in [0.15, 0.2) is 112 Å². The van der Waals surface area contributed by atoms with Gasteiger partial charge in [-0.05, 0) is 79.3 Å². The van der Waals surface area contributed by atoms with Crippen molar-refractivity contribution in [1.29, 1.82) is 0 Å².